The Hall–Kier alpha value is -2.56. The molecule has 0 amide bonds. The predicted octanol–water partition coefficient (Wildman–Crippen LogP) is 4.78. The van der Waals surface area contributed by atoms with Crippen molar-refractivity contribution in [3.63, 3.8) is 0 Å². The number of benzene rings is 1. The summed E-state index contributed by atoms with van der Waals surface area (Å²) >= 11 is 0. The topological polar surface area (TPSA) is 56.3 Å². The zero-order valence-electron chi connectivity index (χ0n) is 13.3. The number of ether oxygens (including phenoxy) is 1. The molecule has 1 aromatic heterocycles. The highest BCUT2D eigenvalue weighted by Gasteiger charge is 2.34. The molecular weight excluding hydrogens is 400 g/mol. The van der Waals surface area contributed by atoms with Gasteiger partial charge in [-0.3, -0.25) is 0 Å². The molecule has 0 saturated carbocycles. The van der Waals surface area contributed by atoms with Gasteiger partial charge in [-0.2, -0.15) is 22.0 Å². The highest BCUT2D eigenvalue weighted by molar-refractivity contribution is 7.91. The molecule has 1 aromatic carbocycles. The van der Waals surface area contributed by atoms with E-state index in [1.165, 1.54) is 30.3 Å². The Balaban J connectivity index is 2.46. The molecule has 2 aromatic rings. The second-order valence-electron chi connectivity index (χ2n) is 5.11. The van der Waals surface area contributed by atoms with Crippen molar-refractivity contribution in [1.29, 1.82) is 0 Å². The SMILES string of the molecule is O=S(=O)(c1ccccc1)c1ncc(C(F)(F)F)cc1OCCC(F)=C(F)F. The van der Waals surface area contributed by atoms with Crippen LogP contribution >= 0.6 is 0 Å². The fourth-order valence-electron chi connectivity index (χ4n) is 1.95. The lowest BCUT2D eigenvalue weighted by Gasteiger charge is -2.14. The van der Waals surface area contributed by atoms with E-state index in [4.69, 9.17) is 4.74 Å². The normalized spacial score (nSPS) is 11.9. The summed E-state index contributed by atoms with van der Waals surface area (Å²) in [6.07, 6.45) is -8.10. The maximum Gasteiger partial charge on any atom is 0.418 e. The number of halogens is 6. The maximum absolute atomic E-state index is 12.9. The van der Waals surface area contributed by atoms with Gasteiger partial charge in [-0.15, -0.1) is 0 Å². The summed E-state index contributed by atoms with van der Waals surface area (Å²) in [4.78, 5) is 3.08. The smallest absolute Gasteiger partial charge is 0.418 e. The van der Waals surface area contributed by atoms with Crippen LogP contribution in [0.2, 0.25) is 0 Å². The van der Waals surface area contributed by atoms with E-state index >= 15 is 0 Å². The summed E-state index contributed by atoms with van der Waals surface area (Å²) in [6, 6.07) is 7.07. The van der Waals surface area contributed by atoms with E-state index in [-0.39, 0.29) is 4.90 Å². The van der Waals surface area contributed by atoms with Crippen molar-refractivity contribution in [2.24, 2.45) is 0 Å². The molecule has 0 aliphatic rings. The van der Waals surface area contributed by atoms with Crippen molar-refractivity contribution in [3.8, 4) is 5.75 Å². The van der Waals surface area contributed by atoms with Gasteiger partial charge in [0.2, 0.25) is 14.9 Å². The van der Waals surface area contributed by atoms with E-state index in [1.807, 2.05) is 0 Å². The van der Waals surface area contributed by atoms with Crippen molar-refractivity contribution < 1.29 is 39.5 Å². The lowest BCUT2D eigenvalue weighted by atomic mass is 10.2. The van der Waals surface area contributed by atoms with Crippen molar-refractivity contribution in [3.05, 3.63) is 60.1 Å². The molecule has 0 N–H and O–H groups in total. The molecule has 0 saturated heterocycles. The molecule has 1 heterocycles. The quantitative estimate of drug-likeness (QED) is 0.642. The average molecular weight is 411 g/mol. The number of nitrogens with zero attached hydrogens (tertiary/aromatic N) is 1. The molecule has 0 radical (unpaired) electrons. The van der Waals surface area contributed by atoms with Crippen LogP contribution in [0.3, 0.4) is 0 Å². The van der Waals surface area contributed by atoms with E-state index in [0.29, 0.717) is 12.3 Å². The van der Waals surface area contributed by atoms with E-state index in [2.05, 4.69) is 4.98 Å². The molecule has 27 heavy (non-hydrogen) atoms. The van der Waals surface area contributed by atoms with Crippen LogP contribution in [-0.4, -0.2) is 20.0 Å². The molecule has 0 atom stereocenters. The fourth-order valence-corrected chi connectivity index (χ4v) is 3.26. The van der Waals surface area contributed by atoms with E-state index in [0.717, 1.165) is 0 Å². The summed E-state index contributed by atoms with van der Waals surface area (Å²) in [5.74, 6) is -2.64. The average Bonchev–Trinajstić information content (AvgIpc) is 2.61. The Kier molecular flexibility index (Phi) is 6.14. The van der Waals surface area contributed by atoms with Gasteiger partial charge in [0.1, 0.15) is 0 Å². The molecule has 11 heteroatoms. The summed E-state index contributed by atoms with van der Waals surface area (Å²) < 4.78 is 106. The zero-order valence-corrected chi connectivity index (χ0v) is 14.1. The predicted molar refractivity (Wildman–Crippen MR) is 81.6 cm³/mol. The van der Waals surface area contributed by atoms with Gasteiger partial charge in [0.15, 0.2) is 11.6 Å². The molecule has 146 valence electrons. The third-order valence-electron chi connectivity index (χ3n) is 3.24. The number of rotatable bonds is 6. The largest absolute Gasteiger partial charge is 0.490 e. The van der Waals surface area contributed by atoms with Gasteiger partial charge >= 0.3 is 12.3 Å². The molecule has 0 fully saturated rings. The number of sulfone groups is 1. The lowest BCUT2D eigenvalue weighted by molar-refractivity contribution is -0.138. The second kappa shape index (κ2) is 7.99. The number of aromatic nitrogens is 1. The number of alkyl halides is 3. The minimum Gasteiger partial charge on any atom is -0.490 e. The molecule has 0 unspecified atom stereocenters. The van der Waals surface area contributed by atoms with Crippen LogP contribution in [0.5, 0.6) is 5.75 Å². The number of hydrogen-bond acceptors (Lipinski definition) is 4. The minimum atomic E-state index is -4.85. The molecule has 2 rings (SSSR count). The molecule has 0 bridgehead atoms. The van der Waals surface area contributed by atoms with Gasteiger partial charge in [0.25, 0.3) is 0 Å². The lowest BCUT2D eigenvalue weighted by Crippen LogP contribution is -2.12. The fraction of sp³-hybridized carbons (Fsp3) is 0.188. The van der Waals surface area contributed by atoms with Crippen LogP contribution in [0.4, 0.5) is 26.3 Å². The first kappa shape index (κ1) is 20.7. The summed E-state index contributed by atoms with van der Waals surface area (Å²) in [5, 5.41) is -0.841. The monoisotopic (exact) mass is 411 g/mol. The van der Waals surface area contributed by atoms with Gasteiger partial charge in [-0.1, -0.05) is 18.2 Å². The Morgan fingerprint density at radius 3 is 2.26 bits per heavy atom. The first-order valence-electron chi connectivity index (χ1n) is 7.23. The van der Waals surface area contributed by atoms with E-state index < -0.39 is 57.3 Å². The van der Waals surface area contributed by atoms with Gasteiger partial charge in [-0.05, 0) is 18.2 Å². The first-order valence-corrected chi connectivity index (χ1v) is 8.71. The van der Waals surface area contributed by atoms with Crippen LogP contribution in [0.25, 0.3) is 0 Å². The van der Waals surface area contributed by atoms with Crippen molar-refractivity contribution in [2.45, 2.75) is 22.5 Å². The summed E-state index contributed by atoms with van der Waals surface area (Å²) in [5.41, 5.74) is -1.31. The van der Waals surface area contributed by atoms with Gasteiger partial charge in [0, 0.05) is 12.6 Å². The van der Waals surface area contributed by atoms with Crippen LogP contribution in [0, 0.1) is 0 Å². The highest BCUT2D eigenvalue weighted by Crippen LogP contribution is 2.35. The molecule has 0 aliphatic carbocycles. The maximum atomic E-state index is 12.9. The Labute approximate surface area is 150 Å². The highest BCUT2D eigenvalue weighted by atomic mass is 32.2. The second-order valence-corrected chi connectivity index (χ2v) is 6.97. The Bertz CT molecular complexity index is 938. The molecule has 0 aliphatic heterocycles. The van der Waals surface area contributed by atoms with Crippen molar-refractivity contribution in [2.75, 3.05) is 6.61 Å². The molecule has 4 nitrogen and oxygen atoms in total. The first-order chi connectivity index (χ1) is 12.5. The van der Waals surface area contributed by atoms with Crippen molar-refractivity contribution >= 4 is 9.84 Å². The summed E-state index contributed by atoms with van der Waals surface area (Å²) in [6.45, 7) is -0.816. The third kappa shape index (κ3) is 5.00. The van der Waals surface area contributed by atoms with Crippen LogP contribution in [-0.2, 0) is 16.0 Å². The van der Waals surface area contributed by atoms with E-state index in [9.17, 15) is 34.8 Å². The van der Waals surface area contributed by atoms with Crippen molar-refractivity contribution in [1.82, 2.24) is 4.98 Å². The number of pyridine rings is 1. The molecule has 0 spiro atoms. The minimum absolute atomic E-state index is 0.261. The van der Waals surface area contributed by atoms with Crippen LogP contribution in [0.1, 0.15) is 12.0 Å². The van der Waals surface area contributed by atoms with Gasteiger partial charge in [0.05, 0.1) is 17.1 Å². The number of hydrogen-bond donors (Lipinski definition) is 0. The Morgan fingerprint density at radius 1 is 1.07 bits per heavy atom. The van der Waals surface area contributed by atoms with Gasteiger partial charge in [-0.25, -0.2) is 17.8 Å². The molecular formula is C16H11F6NO3S. The third-order valence-corrected chi connectivity index (χ3v) is 4.95. The van der Waals surface area contributed by atoms with E-state index in [1.54, 1.807) is 0 Å². The standard InChI is InChI=1S/C16H11F6NO3S/c17-12(14(18)19)6-7-26-13-8-10(16(20,21)22)9-23-15(13)27(24,25)11-4-2-1-3-5-11/h1-5,8-9H,6-7H2. The van der Waals surface area contributed by atoms with Gasteiger partial charge < -0.3 is 4.74 Å². The zero-order chi connectivity index (χ0) is 20.2. The Morgan fingerprint density at radius 2 is 1.70 bits per heavy atom. The van der Waals surface area contributed by atoms with Crippen LogP contribution in [0.15, 0.2) is 64.4 Å². The van der Waals surface area contributed by atoms with Crippen LogP contribution < -0.4 is 4.74 Å². The summed E-state index contributed by atoms with van der Waals surface area (Å²) in [7, 11) is -4.36.